The summed E-state index contributed by atoms with van der Waals surface area (Å²) >= 11 is 1.76. The average molecular weight is 445 g/mol. The van der Waals surface area contributed by atoms with Crippen LogP contribution in [0.5, 0.6) is 5.75 Å². The van der Waals surface area contributed by atoms with E-state index >= 15 is 0 Å². The first-order valence-corrected chi connectivity index (χ1v) is 11.2. The minimum Gasteiger partial charge on any atom is -0.488 e. The smallest absolute Gasteiger partial charge is 0.134 e. The summed E-state index contributed by atoms with van der Waals surface area (Å²) in [5.41, 5.74) is 4.86. The first kappa shape index (κ1) is 23.3. The molecule has 0 spiro atoms. The van der Waals surface area contributed by atoms with Crippen LogP contribution in [0.4, 0.5) is 11.5 Å². The van der Waals surface area contributed by atoms with Gasteiger partial charge in [-0.2, -0.15) is 0 Å². The fourth-order valence-corrected chi connectivity index (χ4v) is 3.54. The van der Waals surface area contributed by atoms with Crippen LogP contribution < -0.4 is 10.1 Å². The molecule has 5 nitrogen and oxygen atoms in total. The molecule has 164 valence electrons. The Morgan fingerprint density at radius 3 is 2.72 bits per heavy atom. The minimum absolute atomic E-state index is 0.403. The van der Waals surface area contributed by atoms with Gasteiger partial charge in [0.05, 0.1) is 5.69 Å². The molecule has 0 amide bonds. The van der Waals surface area contributed by atoms with Crippen LogP contribution in [0.15, 0.2) is 97.9 Å². The summed E-state index contributed by atoms with van der Waals surface area (Å²) in [4.78, 5) is 8.87. The Balaban J connectivity index is 1.78. The third-order valence-electron chi connectivity index (χ3n) is 4.51. The molecular formula is C26H28N4OS. The van der Waals surface area contributed by atoms with Gasteiger partial charge in [-0.25, -0.2) is 9.97 Å². The highest BCUT2D eigenvalue weighted by molar-refractivity contribution is 7.96. The fourth-order valence-electron chi connectivity index (χ4n) is 2.95. The number of aromatic nitrogens is 2. The van der Waals surface area contributed by atoms with Gasteiger partial charge < -0.3 is 10.1 Å². The van der Waals surface area contributed by atoms with Gasteiger partial charge in [0, 0.05) is 23.1 Å². The first-order valence-electron chi connectivity index (χ1n) is 10.2. The monoisotopic (exact) mass is 444 g/mol. The SMILES string of the molecule is C=C/C=C(\C=C)COc1ccccc1-c1cc(Nc2cccc(CSN(C)C)c2)ncn1. The Morgan fingerprint density at radius 1 is 1.09 bits per heavy atom. The Kier molecular flexibility index (Phi) is 8.66. The number of hydrogen-bond donors (Lipinski definition) is 1. The lowest BCUT2D eigenvalue weighted by molar-refractivity contribution is 0.357. The number of nitrogens with zero attached hydrogens (tertiary/aromatic N) is 3. The molecule has 2 aromatic carbocycles. The standard InChI is InChI=1S/C26H28N4OS/c1-5-10-20(6-2)17-31-25-14-8-7-13-23(25)24-16-26(28-19-27-24)29-22-12-9-11-21(15-22)18-32-30(3)4/h5-16,19H,1-2,17-18H2,3-4H3,(H,27,28,29)/b20-10+. The van der Waals surface area contributed by atoms with Gasteiger partial charge in [-0.15, -0.1) is 0 Å². The Labute approximate surface area is 194 Å². The molecule has 0 atom stereocenters. The van der Waals surface area contributed by atoms with E-state index in [-0.39, 0.29) is 0 Å². The van der Waals surface area contributed by atoms with Crippen LogP contribution in [0, 0.1) is 0 Å². The predicted octanol–water partition coefficient (Wildman–Crippen LogP) is 6.27. The molecule has 1 aromatic heterocycles. The van der Waals surface area contributed by atoms with E-state index < -0.39 is 0 Å². The summed E-state index contributed by atoms with van der Waals surface area (Å²) < 4.78 is 8.14. The summed E-state index contributed by atoms with van der Waals surface area (Å²) in [5.74, 6) is 2.38. The van der Waals surface area contributed by atoms with Crippen molar-refractivity contribution in [1.29, 1.82) is 0 Å². The highest BCUT2D eigenvalue weighted by Gasteiger charge is 2.09. The number of anilines is 2. The van der Waals surface area contributed by atoms with Crippen LogP contribution in [0.1, 0.15) is 5.56 Å². The van der Waals surface area contributed by atoms with Crippen LogP contribution in [-0.2, 0) is 5.75 Å². The van der Waals surface area contributed by atoms with E-state index in [0.717, 1.165) is 39.8 Å². The van der Waals surface area contributed by atoms with Crippen molar-refractivity contribution in [2.75, 3.05) is 26.0 Å². The number of rotatable bonds is 11. The maximum atomic E-state index is 6.04. The zero-order chi connectivity index (χ0) is 22.8. The van der Waals surface area contributed by atoms with Gasteiger partial charge in [-0.1, -0.05) is 67.6 Å². The Bertz CT molecular complexity index is 1090. The third-order valence-corrected chi connectivity index (χ3v) is 5.49. The van der Waals surface area contributed by atoms with Gasteiger partial charge in [0.2, 0.25) is 0 Å². The molecule has 6 heteroatoms. The van der Waals surface area contributed by atoms with Crippen LogP contribution in [0.3, 0.4) is 0 Å². The van der Waals surface area contributed by atoms with E-state index in [1.54, 1.807) is 30.4 Å². The molecule has 0 unspecified atom stereocenters. The predicted molar refractivity (Wildman–Crippen MR) is 136 cm³/mol. The van der Waals surface area contributed by atoms with Crippen molar-refractivity contribution >= 4 is 23.5 Å². The van der Waals surface area contributed by atoms with Crippen LogP contribution in [0.25, 0.3) is 11.3 Å². The molecule has 0 bridgehead atoms. The van der Waals surface area contributed by atoms with Gasteiger partial charge in [-0.3, -0.25) is 4.31 Å². The van der Waals surface area contributed by atoms with Crippen molar-refractivity contribution in [3.8, 4) is 17.0 Å². The Morgan fingerprint density at radius 2 is 1.94 bits per heavy atom. The third kappa shape index (κ3) is 6.83. The average Bonchev–Trinajstić information content (AvgIpc) is 2.81. The van der Waals surface area contributed by atoms with Gasteiger partial charge in [0.25, 0.3) is 0 Å². The maximum absolute atomic E-state index is 6.04. The maximum Gasteiger partial charge on any atom is 0.134 e. The molecule has 1 heterocycles. The zero-order valence-corrected chi connectivity index (χ0v) is 19.3. The second-order valence-corrected chi connectivity index (χ2v) is 8.44. The van der Waals surface area contributed by atoms with E-state index in [0.29, 0.717) is 6.61 Å². The number of allylic oxidation sites excluding steroid dienone is 2. The quantitative estimate of drug-likeness (QED) is 0.278. The van der Waals surface area contributed by atoms with E-state index in [1.807, 2.05) is 62.6 Å². The fraction of sp³-hybridized carbons (Fsp3) is 0.154. The highest BCUT2D eigenvalue weighted by Crippen LogP contribution is 2.30. The van der Waals surface area contributed by atoms with E-state index in [2.05, 4.69) is 44.9 Å². The van der Waals surface area contributed by atoms with Crippen molar-refractivity contribution in [3.63, 3.8) is 0 Å². The molecule has 0 saturated carbocycles. The molecule has 1 N–H and O–H groups in total. The lowest BCUT2D eigenvalue weighted by Crippen LogP contribution is -2.02. The van der Waals surface area contributed by atoms with Crippen LogP contribution >= 0.6 is 11.9 Å². The van der Waals surface area contributed by atoms with Crippen LogP contribution in [-0.4, -0.2) is 35.0 Å². The Hall–Kier alpha value is -3.35. The summed E-state index contributed by atoms with van der Waals surface area (Å²) in [6.45, 7) is 7.95. The number of para-hydroxylation sites is 1. The number of ether oxygens (including phenoxy) is 1. The lowest BCUT2D eigenvalue weighted by atomic mass is 10.1. The second-order valence-electron chi connectivity index (χ2n) is 7.17. The van der Waals surface area contributed by atoms with Gasteiger partial charge >= 0.3 is 0 Å². The van der Waals surface area contributed by atoms with Gasteiger partial charge in [0.15, 0.2) is 0 Å². The summed E-state index contributed by atoms with van der Waals surface area (Å²) in [6, 6.07) is 18.1. The molecule has 0 fully saturated rings. The molecule has 0 aliphatic heterocycles. The minimum atomic E-state index is 0.403. The van der Waals surface area contributed by atoms with Crippen LogP contribution in [0.2, 0.25) is 0 Å². The van der Waals surface area contributed by atoms with E-state index in [9.17, 15) is 0 Å². The summed E-state index contributed by atoms with van der Waals surface area (Å²) in [6.07, 6.45) is 6.94. The van der Waals surface area contributed by atoms with Crippen molar-refractivity contribution in [2.24, 2.45) is 0 Å². The molecule has 3 rings (SSSR count). The van der Waals surface area contributed by atoms with Gasteiger partial charge in [0.1, 0.15) is 24.5 Å². The van der Waals surface area contributed by atoms with Crippen molar-refractivity contribution in [3.05, 3.63) is 103 Å². The highest BCUT2D eigenvalue weighted by atomic mass is 32.2. The molecule has 32 heavy (non-hydrogen) atoms. The second kappa shape index (κ2) is 11.9. The van der Waals surface area contributed by atoms with E-state index in [4.69, 9.17) is 4.74 Å². The van der Waals surface area contributed by atoms with Crippen molar-refractivity contribution in [2.45, 2.75) is 5.75 Å². The number of benzene rings is 2. The normalized spacial score (nSPS) is 11.3. The van der Waals surface area contributed by atoms with Crippen molar-refractivity contribution < 1.29 is 4.74 Å². The lowest BCUT2D eigenvalue weighted by Gasteiger charge is -2.13. The van der Waals surface area contributed by atoms with E-state index in [1.165, 1.54) is 5.56 Å². The first-order chi connectivity index (χ1) is 15.6. The molecule has 0 aliphatic carbocycles. The topological polar surface area (TPSA) is 50.3 Å². The summed E-state index contributed by atoms with van der Waals surface area (Å²) in [7, 11) is 4.09. The number of nitrogens with one attached hydrogen (secondary N) is 1. The molecule has 3 aromatic rings. The summed E-state index contributed by atoms with van der Waals surface area (Å²) in [5, 5.41) is 3.39. The molecule has 0 saturated heterocycles. The largest absolute Gasteiger partial charge is 0.488 e. The molecule has 0 radical (unpaired) electrons. The zero-order valence-electron chi connectivity index (χ0n) is 18.5. The van der Waals surface area contributed by atoms with Gasteiger partial charge in [-0.05, 0) is 49.5 Å². The number of hydrogen-bond acceptors (Lipinski definition) is 6. The molecular weight excluding hydrogens is 416 g/mol. The molecule has 0 aliphatic rings. The van der Waals surface area contributed by atoms with Crippen molar-refractivity contribution in [1.82, 2.24) is 14.3 Å².